The van der Waals surface area contributed by atoms with E-state index in [0.717, 1.165) is 22.4 Å². The molecule has 0 atom stereocenters. The highest BCUT2D eigenvalue weighted by Gasteiger charge is 2.21. The van der Waals surface area contributed by atoms with Gasteiger partial charge in [-0.15, -0.1) is 0 Å². The molecule has 138 valence electrons. The zero-order valence-electron chi connectivity index (χ0n) is 14.9. The van der Waals surface area contributed by atoms with Crippen molar-refractivity contribution in [1.29, 1.82) is 0 Å². The summed E-state index contributed by atoms with van der Waals surface area (Å²) in [6, 6.07) is 13.0. The zero-order valence-corrected chi connectivity index (χ0v) is 16.5. The standard InChI is InChI=1S/C20H18N2O3S2/c1-12-3-4-13(2)16(9-12)21-18(23)11-25-15-7-5-14(6-8-15)10-17-19(24)22-20(26)27-17/h3-10H,11H2,1-2H3,(H,21,23)(H,22,24,26)/b17-10-. The maximum absolute atomic E-state index is 12.1. The number of thiocarbonyl (C=S) groups is 1. The first kappa shape index (κ1) is 19.1. The second-order valence-corrected chi connectivity index (χ2v) is 7.80. The van der Waals surface area contributed by atoms with Gasteiger partial charge in [0.15, 0.2) is 6.61 Å². The Kier molecular flexibility index (Phi) is 5.93. The van der Waals surface area contributed by atoms with Crippen molar-refractivity contribution in [2.24, 2.45) is 0 Å². The molecule has 1 saturated heterocycles. The summed E-state index contributed by atoms with van der Waals surface area (Å²) in [5.41, 5.74) is 3.72. The Morgan fingerprint density at radius 1 is 1.22 bits per heavy atom. The average Bonchev–Trinajstić information content (AvgIpc) is 2.94. The highest BCUT2D eigenvalue weighted by Crippen LogP contribution is 2.26. The van der Waals surface area contributed by atoms with E-state index in [0.29, 0.717) is 15.0 Å². The summed E-state index contributed by atoms with van der Waals surface area (Å²) in [7, 11) is 0. The molecule has 0 saturated carbocycles. The number of nitrogens with one attached hydrogen (secondary N) is 2. The maximum atomic E-state index is 12.1. The molecule has 3 rings (SSSR count). The van der Waals surface area contributed by atoms with Crippen LogP contribution in [0.1, 0.15) is 16.7 Å². The molecule has 2 N–H and O–H groups in total. The SMILES string of the molecule is Cc1ccc(C)c(NC(=O)COc2ccc(/C=C3\SC(=S)NC3=O)cc2)c1. The van der Waals surface area contributed by atoms with Gasteiger partial charge in [-0.1, -0.05) is 48.2 Å². The second kappa shape index (κ2) is 8.37. The van der Waals surface area contributed by atoms with Gasteiger partial charge in [0.05, 0.1) is 4.91 Å². The average molecular weight is 399 g/mol. The van der Waals surface area contributed by atoms with Gasteiger partial charge >= 0.3 is 0 Å². The third-order valence-corrected chi connectivity index (χ3v) is 5.02. The van der Waals surface area contributed by atoms with Crippen molar-refractivity contribution >= 4 is 51.9 Å². The zero-order chi connectivity index (χ0) is 19.4. The van der Waals surface area contributed by atoms with E-state index in [9.17, 15) is 9.59 Å². The van der Waals surface area contributed by atoms with Crippen molar-refractivity contribution in [2.45, 2.75) is 13.8 Å². The molecule has 0 radical (unpaired) electrons. The Labute approximate surface area is 167 Å². The molecule has 0 bridgehead atoms. The Balaban J connectivity index is 1.56. The van der Waals surface area contributed by atoms with Gasteiger partial charge in [0, 0.05) is 5.69 Å². The molecule has 0 aromatic heterocycles. The van der Waals surface area contributed by atoms with E-state index in [1.807, 2.05) is 44.2 Å². The predicted octanol–water partition coefficient (Wildman–Crippen LogP) is 3.81. The molecule has 0 aliphatic carbocycles. The molecule has 1 aliphatic rings. The van der Waals surface area contributed by atoms with Crippen LogP contribution >= 0.6 is 24.0 Å². The number of hydrogen-bond acceptors (Lipinski definition) is 5. The van der Waals surface area contributed by atoms with E-state index in [4.69, 9.17) is 17.0 Å². The normalized spacial score (nSPS) is 15.0. The minimum absolute atomic E-state index is 0.0830. The monoisotopic (exact) mass is 398 g/mol. The number of anilines is 1. The number of hydrogen-bond donors (Lipinski definition) is 2. The van der Waals surface area contributed by atoms with Crippen LogP contribution in [0.5, 0.6) is 5.75 Å². The molecule has 5 nitrogen and oxygen atoms in total. The lowest BCUT2D eigenvalue weighted by Gasteiger charge is -2.10. The summed E-state index contributed by atoms with van der Waals surface area (Å²) in [4.78, 5) is 24.3. The second-order valence-electron chi connectivity index (χ2n) is 6.08. The molecule has 0 unspecified atom stereocenters. The smallest absolute Gasteiger partial charge is 0.263 e. The number of ether oxygens (including phenoxy) is 1. The number of carbonyl (C=O) groups is 2. The minimum Gasteiger partial charge on any atom is -0.484 e. The summed E-state index contributed by atoms with van der Waals surface area (Å²) in [6.45, 7) is 3.84. The lowest BCUT2D eigenvalue weighted by Crippen LogP contribution is -2.20. The molecular formula is C20H18N2O3S2. The lowest BCUT2D eigenvalue weighted by molar-refractivity contribution is -0.118. The van der Waals surface area contributed by atoms with E-state index in [1.165, 1.54) is 11.8 Å². The van der Waals surface area contributed by atoms with Crippen LogP contribution < -0.4 is 15.4 Å². The first-order valence-corrected chi connectivity index (χ1v) is 9.48. The molecule has 2 aromatic rings. The van der Waals surface area contributed by atoms with Gasteiger partial charge in [-0.25, -0.2) is 0 Å². The molecule has 0 spiro atoms. The lowest BCUT2D eigenvalue weighted by atomic mass is 10.1. The maximum Gasteiger partial charge on any atom is 0.263 e. The van der Waals surface area contributed by atoms with Crippen molar-refractivity contribution in [2.75, 3.05) is 11.9 Å². The third-order valence-electron chi connectivity index (χ3n) is 3.86. The first-order chi connectivity index (χ1) is 12.9. The fourth-order valence-electron chi connectivity index (χ4n) is 2.44. The first-order valence-electron chi connectivity index (χ1n) is 8.25. The Bertz CT molecular complexity index is 937. The van der Waals surface area contributed by atoms with Crippen LogP contribution in [0.3, 0.4) is 0 Å². The number of benzene rings is 2. The highest BCUT2D eigenvalue weighted by molar-refractivity contribution is 8.26. The highest BCUT2D eigenvalue weighted by atomic mass is 32.2. The van der Waals surface area contributed by atoms with Gasteiger partial charge in [0.2, 0.25) is 0 Å². The molecule has 1 heterocycles. The minimum atomic E-state index is -0.220. The summed E-state index contributed by atoms with van der Waals surface area (Å²) >= 11 is 6.20. The van der Waals surface area contributed by atoms with Crippen LogP contribution in [0, 0.1) is 13.8 Å². The van der Waals surface area contributed by atoms with E-state index in [1.54, 1.807) is 18.2 Å². The van der Waals surface area contributed by atoms with Crippen LogP contribution in [0.2, 0.25) is 0 Å². The predicted molar refractivity (Wildman–Crippen MR) is 113 cm³/mol. The summed E-state index contributed by atoms with van der Waals surface area (Å²) in [5, 5.41) is 5.43. The molecular weight excluding hydrogens is 380 g/mol. The van der Waals surface area contributed by atoms with Crippen molar-refractivity contribution < 1.29 is 14.3 Å². The number of aryl methyl sites for hydroxylation is 2. The van der Waals surface area contributed by atoms with Crippen molar-refractivity contribution in [3.8, 4) is 5.75 Å². The molecule has 2 aromatic carbocycles. The Hall–Kier alpha value is -2.64. The van der Waals surface area contributed by atoms with Gasteiger partial charge in [-0.2, -0.15) is 0 Å². The van der Waals surface area contributed by atoms with E-state index < -0.39 is 0 Å². The quantitative estimate of drug-likeness (QED) is 0.592. The van der Waals surface area contributed by atoms with Gasteiger partial charge in [0.1, 0.15) is 10.1 Å². The molecule has 27 heavy (non-hydrogen) atoms. The molecule has 1 fully saturated rings. The molecule has 1 aliphatic heterocycles. The fraction of sp³-hybridized carbons (Fsp3) is 0.150. The Morgan fingerprint density at radius 3 is 2.63 bits per heavy atom. The number of thioether (sulfide) groups is 1. The topological polar surface area (TPSA) is 67.4 Å². The van der Waals surface area contributed by atoms with E-state index in [2.05, 4.69) is 10.6 Å². The van der Waals surface area contributed by atoms with Crippen molar-refractivity contribution in [3.05, 3.63) is 64.1 Å². The largest absolute Gasteiger partial charge is 0.484 e. The summed E-state index contributed by atoms with van der Waals surface area (Å²) in [6.07, 6.45) is 1.76. The molecule has 2 amide bonds. The summed E-state index contributed by atoms with van der Waals surface area (Å²) in [5.74, 6) is 0.170. The summed E-state index contributed by atoms with van der Waals surface area (Å²) < 4.78 is 5.99. The van der Waals surface area contributed by atoms with Crippen LogP contribution in [-0.4, -0.2) is 22.7 Å². The van der Waals surface area contributed by atoms with Crippen LogP contribution in [0.4, 0.5) is 5.69 Å². The Morgan fingerprint density at radius 2 is 1.96 bits per heavy atom. The number of rotatable bonds is 5. The van der Waals surface area contributed by atoms with Crippen LogP contribution in [0.15, 0.2) is 47.4 Å². The molecule has 7 heteroatoms. The van der Waals surface area contributed by atoms with Gasteiger partial charge in [-0.05, 0) is 54.8 Å². The van der Waals surface area contributed by atoms with Gasteiger partial charge in [-0.3, -0.25) is 9.59 Å². The van der Waals surface area contributed by atoms with Crippen LogP contribution in [0.25, 0.3) is 6.08 Å². The van der Waals surface area contributed by atoms with E-state index in [-0.39, 0.29) is 18.4 Å². The number of carbonyl (C=O) groups excluding carboxylic acids is 2. The van der Waals surface area contributed by atoms with Crippen molar-refractivity contribution in [1.82, 2.24) is 5.32 Å². The van der Waals surface area contributed by atoms with Crippen molar-refractivity contribution in [3.63, 3.8) is 0 Å². The van der Waals surface area contributed by atoms with Gasteiger partial charge < -0.3 is 15.4 Å². The third kappa shape index (κ3) is 5.18. The fourth-order valence-corrected chi connectivity index (χ4v) is 3.48. The van der Waals surface area contributed by atoms with Gasteiger partial charge in [0.25, 0.3) is 11.8 Å². The number of amides is 2. The van der Waals surface area contributed by atoms with E-state index >= 15 is 0 Å². The van der Waals surface area contributed by atoms with Crippen LogP contribution in [-0.2, 0) is 9.59 Å².